The zero-order chi connectivity index (χ0) is 15.6. The van der Waals surface area contributed by atoms with E-state index < -0.39 is 10.0 Å². The van der Waals surface area contributed by atoms with E-state index in [4.69, 9.17) is 10.5 Å². The summed E-state index contributed by atoms with van der Waals surface area (Å²) in [5.41, 5.74) is 8.08. The van der Waals surface area contributed by atoms with Crippen LogP contribution in [0, 0.1) is 13.8 Å². The normalized spacial score (nSPS) is 11.2. The highest BCUT2D eigenvalue weighted by atomic mass is 32.2. The zero-order valence-corrected chi connectivity index (χ0v) is 13.0. The second-order valence-corrected chi connectivity index (χ2v) is 6.41. The summed E-state index contributed by atoms with van der Waals surface area (Å²) in [4.78, 5) is 0.177. The lowest BCUT2D eigenvalue weighted by Crippen LogP contribution is -2.15. The SMILES string of the molecule is COc1ccc(NS(=O)(=O)c2cccc(N)c2C)cc1C. The third-order valence-electron chi connectivity index (χ3n) is 3.26. The second-order valence-electron chi connectivity index (χ2n) is 4.76. The molecule has 0 heterocycles. The topological polar surface area (TPSA) is 81.4 Å². The van der Waals surface area contributed by atoms with Crippen LogP contribution >= 0.6 is 0 Å². The van der Waals surface area contributed by atoms with Gasteiger partial charge in [-0.15, -0.1) is 0 Å². The number of hydrogen-bond acceptors (Lipinski definition) is 4. The molecule has 0 amide bonds. The predicted octanol–water partition coefficient (Wildman–Crippen LogP) is 2.70. The Labute approximate surface area is 124 Å². The minimum absolute atomic E-state index is 0.177. The number of hydrogen-bond donors (Lipinski definition) is 2. The summed E-state index contributed by atoms with van der Waals surface area (Å²) < 4.78 is 32.6. The van der Waals surface area contributed by atoms with Crippen molar-refractivity contribution in [2.45, 2.75) is 18.7 Å². The first kappa shape index (κ1) is 15.2. The number of anilines is 2. The van der Waals surface area contributed by atoms with Gasteiger partial charge in [-0.1, -0.05) is 6.07 Å². The van der Waals surface area contributed by atoms with Crippen LogP contribution in [0.3, 0.4) is 0 Å². The van der Waals surface area contributed by atoms with Crippen LogP contribution in [0.25, 0.3) is 0 Å². The third-order valence-corrected chi connectivity index (χ3v) is 4.79. The quantitative estimate of drug-likeness (QED) is 0.851. The molecule has 0 atom stereocenters. The van der Waals surface area contributed by atoms with Crippen LogP contribution in [-0.4, -0.2) is 15.5 Å². The fraction of sp³-hybridized carbons (Fsp3) is 0.200. The molecule has 0 saturated carbocycles. The highest BCUT2D eigenvalue weighted by molar-refractivity contribution is 7.92. The maximum absolute atomic E-state index is 12.4. The Kier molecular flexibility index (Phi) is 4.09. The van der Waals surface area contributed by atoms with Crippen molar-refractivity contribution in [2.24, 2.45) is 0 Å². The first-order valence-corrected chi connectivity index (χ1v) is 7.86. The third kappa shape index (κ3) is 3.11. The Morgan fingerprint density at radius 2 is 1.86 bits per heavy atom. The summed E-state index contributed by atoms with van der Waals surface area (Å²) >= 11 is 0. The summed E-state index contributed by atoms with van der Waals surface area (Å²) in [7, 11) is -2.10. The van der Waals surface area contributed by atoms with E-state index in [1.165, 1.54) is 6.07 Å². The minimum Gasteiger partial charge on any atom is -0.496 e. The van der Waals surface area contributed by atoms with Gasteiger partial charge in [0.15, 0.2) is 0 Å². The molecule has 2 aromatic carbocycles. The molecule has 0 spiro atoms. The van der Waals surface area contributed by atoms with Crippen molar-refractivity contribution in [3.8, 4) is 5.75 Å². The maximum Gasteiger partial charge on any atom is 0.262 e. The average molecular weight is 306 g/mol. The predicted molar refractivity (Wildman–Crippen MR) is 84.1 cm³/mol. The molecule has 0 saturated heterocycles. The molecule has 0 aliphatic carbocycles. The first-order valence-electron chi connectivity index (χ1n) is 6.37. The molecule has 0 bridgehead atoms. The van der Waals surface area contributed by atoms with Crippen molar-refractivity contribution in [2.75, 3.05) is 17.6 Å². The highest BCUT2D eigenvalue weighted by Crippen LogP contribution is 2.26. The van der Waals surface area contributed by atoms with Crippen molar-refractivity contribution >= 4 is 21.4 Å². The van der Waals surface area contributed by atoms with Gasteiger partial charge in [-0.2, -0.15) is 0 Å². The number of nitrogens with one attached hydrogen (secondary N) is 1. The lowest BCUT2D eigenvalue weighted by molar-refractivity contribution is 0.412. The number of rotatable bonds is 4. The van der Waals surface area contributed by atoms with Gasteiger partial charge < -0.3 is 10.5 Å². The summed E-state index contributed by atoms with van der Waals surface area (Å²) in [5, 5.41) is 0. The molecule has 112 valence electrons. The summed E-state index contributed by atoms with van der Waals surface area (Å²) in [6.07, 6.45) is 0. The standard InChI is InChI=1S/C15H18N2O3S/c1-10-9-12(7-8-14(10)20-3)17-21(18,19)15-6-4-5-13(16)11(15)2/h4-9,17H,16H2,1-3H3. The Bertz CT molecular complexity index is 770. The Morgan fingerprint density at radius 1 is 1.14 bits per heavy atom. The number of nitrogens with two attached hydrogens (primary N) is 1. The van der Waals surface area contributed by atoms with Crippen molar-refractivity contribution in [3.63, 3.8) is 0 Å². The number of ether oxygens (including phenoxy) is 1. The second kappa shape index (κ2) is 5.65. The van der Waals surface area contributed by atoms with Gasteiger partial charge in [-0.3, -0.25) is 4.72 Å². The molecule has 2 rings (SSSR count). The van der Waals surface area contributed by atoms with Gasteiger partial charge in [0.2, 0.25) is 0 Å². The van der Waals surface area contributed by atoms with Crippen LogP contribution in [0.5, 0.6) is 5.75 Å². The van der Waals surface area contributed by atoms with E-state index in [-0.39, 0.29) is 4.90 Å². The Balaban J connectivity index is 2.38. The monoisotopic (exact) mass is 306 g/mol. The molecule has 0 aliphatic heterocycles. The zero-order valence-electron chi connectivity index (χ0n) is 12.2. The summed E-state index contributed by atoms with van der Waals surface area (Å²) in [5.74, 6) is 0.707. The van der Waals surface area contributed by atoms with E-state index in [1.54, 1.807) is 44.4 Å². The number of benzene rings is 2. The van der Waals surface area contributed by atoms with Crippen LogP contribution in [-0.2, 0) is 10.0 Å². The van der Waals surface area contributed by atoms with Gasteiger partial charge in [0.05, 0.1) is 12.0 Å². The van der Waals surface area contributed by atoms with Gasteiger partial charge >= 0.3 is 0 Å². The molecule has 6 heteroatoms. The number of aryl methyl sites for hydroxylation is 1. The van der Waals surface area contributed by atoms with E-state index in [2.05, 4.69) is 4.72 Å². The number of sulfonamides is 1. The van der Waals surface area contributed by atoms with E-state index in [9.17, 15) is 8.42 Å². The molecule has 0 radical (unpaired) electrons. The fourth-order valence-electron chi connectivity index (χ4n) is 2.07. The van der Waals surface area contributed by atoms with Crippen LogP contribution in [0.1, 0.15) is 11.1 Å². The van der Waals surface area contributed by atoms with Crippen LogP contribution in [0.4, 0.5) is 11.4 Å². The molecule has 5 nitrogen and oxygen atoms in total. The largest absolute Gasteiger partial charge is 0.496 e. The molecular weight excluding hydrogens is 288 g/mol. The van der Waals surface area contributed by atoms with Gasteiger partial charge in [0.25, 0.3) is 10.0 Å². The molecule has 0 aromatic heterocycles. The molecular formula is C15H18N2O3S. The molecule has 21 heavy (non-hydrogen) atoms. The first-order chi connectivity index (χ1) is 9.85. The minimum atomic E-state index is -3.67. The van der Waals surface area contributed by atoms with Crippen LogP contribution < -0.4 is 15.2 Å². The van der Waals surface area contributed by atoms with Crippen molar-refractivity contribution in [3.05, 3.63) is 47.5 Å². The summed E-state index contributed by atoms with van der Waals surface area (Å²) in [6, 6.07) is 9.93. The lowest BCUT2D eigenvalue weighted by Gasteiger charge is -2.13. The van der Waals surface area contributed by atoms with E-state index in [0.29, 0.717) is 22.7 Å². The van der Waals surface area contributed by atoms with Crippen molar-refractivity contribution < 1.29 is 13.2 Å². The lowest BCUT2D eigenvalue weighted by atomic mass is 10.2. The van der Waals surface area contributed by atoms with Gasteiger partial charge in [0, 0.05) is 11.4 Å². The summed E-state index contributed by atoms with van der Waals surface area (Å²) in [6.45, 7) is 3.53. The number of methoxy groups -OCH3 is 1. The van der Waals surface area contributed by atoms with E-state index in [1.807, 2.05) is 6.92 Å². The molecule has 0 fully saturated rings. The highest BCUT2D eigenvalue weighted by Gasteiger charge is 2.18. The van der Waals surface area contributed by atoms with Gasteiger partial charge in [0.1, 0.15) is 5.75 Å². The van der Waals surface area contributed by atoms with Gasteiger partial charge in [-0.05, 0) is 55.3 Å². The molecule has 2 aromatic rings. The average Bonchev–Trinajstić information content (AvgIpc) is 2.41. The molecule has 0 unspecified atom stereocenters. The Morgan fingerprint density at radius 3 is 2.48 bits per heavy atom. The molecule has 3 N–H and O–H groups in total. The molecule has 0 aliphatic rings. The smallest absolute Gasteiger partial charge is 0.262 e. The van der Waals surface area contributed by atoms with Crippen LogP contribution in [0.15, 0.2) is 41.3 Å². The Hall–Kier alpha value is -2.21. The van der Waals surface area contributed by atoms with E-state index >= 15 is 0 Å². The fourth-order valence-corrected chi connectivity index (χ4v) is 3.40. The van der Waals surface area contributed by atoms with Gasteiger partial charge in [-0.25, -0.2) is 8.42 Å². The number of nitrogen functional groups attached to an aromatic ring is 1. The van der Waals surface area contributed by atoms with Crippen LogP contribution in [0.2, 0.25) is 0 Å². The maximum atomic E-state index is 12.4. The van der Waals surface area contributed by atoms with Crippen molar-refractivity contribution in [1.82, 2.24) is 0 Å². The van der Waals surface area contributed by atoms with E-state index in [0.717, 1.165) is 5.56 Å². The van der Waals surface area contributed by atoms with Crippen molar-refractivity contribution in [1.29, 1.82) is 0 Å².